The van der Waals surface area contributed by atoms with Crippen molar-refractivity contribution in [2.75, 3.05) is 13.1 Å². The van der Waals surface area contributed by atoms with E-state index in [2.05, 4.69) is 16.8 Å². The molecule has 3 nitrogen and oxygen atoms in total. The van der Waals surface area contributed by atoms with Gasteiger partial charge in [-0.25, -0.2) is 8.42 Å². The van der Waals surface area contributed by atoms with E-state index in [4.69, 9.17) is 23.2 Å². The Hall–Kier alpha value is -0.590. The zero-order valence-corrected chi connectivity index (χ0v) is 14.9. The Kier molecular flexibility index (Phi) is 4.80. The maximum Gasteiger partial charge on any atom is 0.244 e. The van der Waals surface area contributed by atoms with Crippen LogP contribution < -0.4 is 0 Å². The van der Waals surface area contributed by atoms with Gasteiger partial charge in [-0.2, -0.15) is 15.6 Å². The van der Waals surface area contributed by atoms with Gasteiger partial charge in [-0.1, -0.05) is 23.2 Å². The van der Waals surface area contributed by atoms with E-state index in [1.807, 2.05) is 0 Å². The first-order valence-corrected chi connectivity index (χ1v) is 10.1. The fourth-order valence-electron chi connectivity index (χ4n) is 2.75. The van der Waals surface area contributed by atoms with Crippen LogP contribution in [0.25, 0.3) is 0 Å². The first-order valence-electron chi connectivity index (χ1n) is 6.96. The van der Waals surface area contributed by atoms with Crippen LogP contribution in [0.5, 0.6) is 0 Å². The fraction of sp³-hybridized carbons (Fsp3) is 0.333. The molecule has 0 amide bonds. The molecule has 0 aliphatic carbocycles. The van der Waals surface area contributed by atoms with Crippen molar-refractivity contribution in [3.8, 4) is 0 Å². The smallest absolute Gasteiger partial charge is 0.207 e. The van der Waals surface area contributed by atoms with E-state index >= 15 is 0 Å². The lowest BCUT2D eigenvalue weighted by molar-refractivity contribution is 0.320. The van der Waals surface area contributed by atoms with Gasteiger partial charge >= 0.3 is 0 Å². The van der Waals surface area contributed by atoms with Gasteiger partial charge < -0.3 is 0 Å². The van der Waals surface area contributed by atoms with E-state index in [1.54, 1.807) is 17.4 Å². The number of hydrogen-bond donors (Lipinski definition) is 0. The Bertz CT molecular complexity index is 752. The van der Waals surface area contributed by atoms with Crippen molar-refractivity contribution < 1.29 is 8.42 Å². The standard InChI is InChI=1S/C15H15Cl2NO2S2/c16-13-1-2-14(17)15(9-13)22(19,20)18-6-3-11(4-7-18)12-5-8-21-10-12/h1-2,5,8-11H,3-4,6-7H2. The molecule has 22 heavy (non-hydrogen) atoms. The van der Waals surface area contributed by atoms with E-state index in [0.29, 0.717) is 24.0 Å². The van der Waals surface area contributed by atoms with Crippen molar-refractivity contribution in [1.29, 1.82) is 0 Å². The van der Waals surface area contributed by atoms with Crippen molar-refractivity contribution in [3.05, 3.63) is 50.6 Å². The minimum absolute atomic E-state index is 0.0932. The topological polar surface area (TPSA) is 37.4 Å². The molecule has 0 saturated carbocycles. The molecule has 1 fully saturated rings. The third-order valence-electron chi connectivity index (χ3n) is 3.98. The van der Waals surface area contributed by atoms with Crippen LogP contribution in [-0.4, -0.2) is 25.8 Å². The summed E-state index contributed by atoms with van der Waals surface area (Å²) in [6.07, 6.45) is 1.66. The first-order chi connectivity index (χ1) is 10.5. The molecule has 1 aliphatic heterocycles. The van der Waals surface area contributed by atoms with Crippen LogP contribution in [0.2, 0.25) is 10.0 Å². The van der Waals surface area contributed by atoms with Gasteiger partial charge in [0.05, 0.1) is 5.02 Å². The number of sulfonamides is 1. The lowest BCUT2D eigenvalue weighted by Crippen LogP contribution is -2.37. The summed E-state index contributed by atoms with van der Waals surface area (Å²) >= 11 is 13.6. The number of rotatable bonds is 3. The lowest BCUT2D eigenvalue weighted by Gasteiger charge is -2.31. The zero-order valence-electron chi connectivity index (χ0n) is 11.7. The highest BCUT2D eigenvalue weighted by Gasteiger charge is 2.31. The Labute approximate surface area is 144 Å². The Balaban J connectivity index is 1.79. The molecule has 1 saturated heterocycles. The van der Waals surface area contributed by atoms with Gasteiger partial charge in [0.1, 0.15) is 4.90 Å². The lowest BCUT2D eigenvalue weighted by atomic mass is 9.92. The van der Waals surface area contributed by atoms with E-state index in [0.717, 1.165) is 12.8 Å². The summed E-state index contributed by atoms with van der Waals surface area (Å²) in [6, 6.07) is 6.65. The van der Waals surface area contributed by atoms with Crippen molar-refractivity contribution >= 4 is 44.6 Å². The van der Waals surface area contributed by atoms with Crippen LogP contribution in [0.4, 0.5) is 0 Å². The normalized spacial score (nSPS) is 17.7. The molecule has 7 heteroatoms. The van der Waals surface area contributed by atoms with E-state index in [-0.39, 0.29) is 9.92 Å². The van der Waals surface area contributed by atoms with Gasteiger partial charge in [-0.15, -0.1) is 0 Å². The molecule has 0 N–H and O–H groups in total. The number of piperidine rings is 1. The van der Waals surface area contributed by atoms with Crippen molar-refractivity contribution in [1.82, 2.24) is 4.31 Å². The molecule has 1 aromatic carbocycles. The van der Waals surface area contributed by atoms with E-state index < -0.39 is 10.0 Å². The van der Waals surface area contributed by atoms with Crippen LogP contribution in [0.3, 0.4) is 0 Å². The number of thiophene rings is 1. The summed E-state index contributed by atoms with van der Waals surface area (Å²) in [7, 11) is -3.59. The molecule has 0 bridgehead atoms. The average Bonchev–Trinajstić information content (AvgIpc) is 3.04. The number of nitrogens with zero attached hydrogens (tertiary/aromatic N) is 1. The maximum absolute atomic E-state index is 12.7. The number of halogens is 2. The van der Waals surface area contributed by atoms with Gasteiger partial charge in [0.25, 0.3) is 0 Å². The highest BCUT2D eigenvalue weighted by Crippen LogP contribution is 2.34. The largest absolute Gasteiger partial charge is 0.244 e. The number of hydrogen-bond acceptors (Lipinski definition) is 3. The first kappa shape index (κ1) is 16.3. The molecule has 2 heterocycles. The van der Waals surface area contributed by atoms with Crippen molar-refractivity contribution in [2.24, 2.45) is 0 Å². The minimum Gasteiger partial charge on any atom is -0.207 e. The van der Waals surface area contributed by atoms with Gasteiger partial charge in [-0.05, 0) is 59.3 Å². The third-order valence-corrected chi connectivity index (χ3v) is 7.30. The van der Waals surface area contributed by atoms with Crippen molar-refractivity contribution in [2.45, 2.75) is 23.7 Å². The fourth-order valence-corrected chi connectivity index (χ4v) is 5.70. The van der Waals surface area contributed by atoms with Crippen molar-refractivity contribution in [3.63, 3.8) is 0 Å². The van der Waals surface area contributed by atoms with Gasteiger partial charge in [-0.3, -0.25) is 0 Å². The van der Waals surface area contributed by atoms with E-state index in [9.17, 15) is 8.42 Å². The second-order valence-electron chi connectivity index (χ2n) is 5.31. The summed E-state index contributed by atoms with van der Waals surface area (Å²) in [4.78, 5) is 0.0932. The Morgan fingerprint density at radius 2 is 1.86 bits per heavy atom. The molecule has 1 aliphatic rings. The van der Waals surface area contributed by atoms with Gasteiger partial charge in [0.2, 0.25) is 10.0 Å². The van der Waals surface area contributed by atoms with Gasteiger partial charge in [0.15, 0.2) is 0 Å². The molecular formula is C15H15Cl2NO2S2. The monoisotopic (exact) mass is 375 g/mol. The predicted octanol–water partition coefficient (Wildman–Crippen LogP) is 4.62. The quantitative estimate of drug-likeness (QED) is 0.784. The molecule has 0 unspecified atom stereocenters. The predicted molar refractivity (Wildman–Crippen MR) is 91.5 cm³/mol. The third kappa shape index (κ3) is 3.19. The molecule has 1 aromatic heterocycles. The minimum atomic E-state index is -3.59. The summed E-state index contributed by atoms with van der Waals surface area (Å²) in [6.45, 7) is 1.01. The number of benzene rings is 1. The van der Waals surface area contributed by atoms with E-state index in [1.165, 1.54) is 22.0 Å². The maximum atomic E-state index is 12.7. The Morgan fingerprint density at radius 3 is 2.50 bits per heavy atom. The zero-order chi connectivity index (χ0) is 15.7. The molecule has 0 radical (unpaired) electrons. The molecule has 0 atom stereocenters. The molecule has 3 rings (SSSR count). The molecule has 118 valence electrons. The van der Waals surface area contributed by atoms with Crippen LogP contribution in [0.1, 0.15) is 24.3 Å². The van der Waals surface area contributed by atoms with Crippen LogP contribution >= 0.6 is 34.5 Å². The second-order valence-corrected chi connectivity index (χ2v) is 8.84. The summed E-state index contributed by atoms with van der Waals surface area (Å²) in [5, 5.41) is 4.79. The SMILES string of the molecule is O=S(=O)(c1cc(Cl)ccc1Cl)N1CCC(c2ccsc2)CC1. The highest BCUT2D eigenvalue weighted by atomic mass is 35.5. The summed E-state index contributed by atoms with van der Waals surface area (Å²) in [5.41, 5.74) is 1.31. The summed E-state index contributed by atoms with van der Waals surface area (Å²) in [5.74, 6) is 0.438. The van der Waals surface area contributed by atoms with Gasteiger partial charge in [0, 0.05) is 18.1 Å². The van der Waals surface area contributed by atoms with Crippen LogP contribution in [-0.2, 0) is 10.0 Å². The highest BCUT2D eigenvalue weighted by molar-refractivity contribution is 7.89. The van der Waals surface area contributed by atoms with Crippen LogP contribution in [0, 0.1) is 0 Å². The Morgan fingerprint density at radius 1 is 1.14 bits per heavy atom. The molecular weight excluding hydrogens is 361 g/mol. The summed E-state index contributed by atoms with van der Waals surface area (Å²) < 4.78 is 27.0. The molecule has 0 spiro atoms. The molecule has 2 aromatic rings. The van der Waals surface area contributed by atoms with Crippen LogP contribution in [0.15, 0.2) is 39.9 Å². The second kappa shape index (κ2) is 6.49. The average molecular weight is 376 g/mol.